The summed E-state index contributed by atoms with van der Waals surface area (Å²) in [6.07, 6.45) is 0.158. The van der Waals surface area contributed by atoms with Crippen molar-refractivity contribution < 1.29 is 22.9 Å². The number of imide groups is 1. The maximum atomic E-state index is 13.3. The molecule has 2 aromatic carbocycles. The van der Waals surface area contributed by atoms with Gasteiger partial charge in [0.05, 0.1) is 43.2 Å². The number of quaternary nitrogens is 1. The van der Waals surface area contributed by atoms with Crippen LogP contribution in [0.3, 0.4) is 0 Å². The summed E-state index contributed by atoms with van der Waals surface area (Å²) < 4.78 is 28.2. The number of nitrogens with zero attached hydrogens (tertiary/aromatic N) is 2. The molecule has 0 aromatic heterocycles. The first-order valence-corrected chi connectivity index (χ1v) is 12.4. The Morgan fingerprint density at radius 2 is 1.50 bits per heavy atom. The highest BCUT2D eigenvalue weighted by atomic mass is 32.2. The molecule has 0 unspecified atom stereocenters. The van der Waals surface area contributed by atoms with E-state index in [1.807, 2.05) is 58.0 Å². The summed E-state index contributed by atoms with van der Waals surface area (Å²) in [5.41, 5.74) is 4.06. The highest BCUT2D eigenvalue weighted by Gasteiger charge is 2.47. The Labute approximate surface area is 189 Å². The van der Waals surface area contributed by atoms with E-state index in [1.165, 1.54) is 9.21 Å². The number of nitrogens with one attached hydrogen (secondary N) is 1. The molecule has 2 saturated heterocycles. The van der Waals surface area contributed by atoms with Gasteiger partial charge in [-0.25, -0.2) is 13.3 Å². The number of amides is 2. The zero-order valence-corrected chi connectivity index (χ0v) is 19.8. The van der Waals surface area contributed by atoms with Crippen molar-refractivity contribution in [3.63, 3.8) is 0 Å². The van der Waals surface area contributed by atoms with E-state index >= 15 is 0 Å². The third-order valence-electron chi connectivity index (χ3n) is 6.56. The van der Waals surface area contributed by atoms with Gasteiger partial charge in [-0.15, -0.1) is 0 Å². The van der Waals surface area contributed by atoms with Gasteiger partial charge in [-0.05, 0) is 50.5 Å². The van der Waals surface area contributed by atoms with Gasteiger partial charge in [0, 0.05) is 0 Å². The molecule has 32 heavy (non-hydrogen) atoms. The van der Waals surface area contributed by atoms with Gasteiger partial charge in [0.25, 0.3) is 5.91 Å². The van der Waals surface area contributed by atoms with Crippen molar-refractivity contribution in [2.75, 3.05) is 31.1 Å². The summed E-state index contributed by atoms with van der Waals surface area (Å²) in [6, 6.07) is 10.7. The Balaban J connectivity index is 1.49. The normalized spacial score (nSPS) is 20.9. The zero-order valence-electron chi connectivity index (χ0n) is 19.0. The van der Waals surface area contributed by atoms with Crippen LogP contribution in [-0.4, -0.2) is 56.8 Å². The number of benzene rings is 2. The molecule has 1 N–H and O–H groups in total. The molecule has 2 amide bonds. The maximum absolute atomic E-state index is 13.3. The molecule has 0 spiro atoms. The average molecular weight is 457 g/mol. The van der Waals surface area contributed by atoms with Gasteiger partial charge in [0.1, 0.15) is 0 Å². The molecule has 7 nitrogen and oxygen atoms in total. The lowest BCUT2D eigenvalue weighted by Gasteiger charge is -2.34. The molecule has 2 fully saturated rings. The molecule has 0 bridgehead atoms. The molecule has 4 rings (SSSR count). The topological polar surface area (TPSA) is 79.2 Å². The first-order chi connectivity index (χ1) is 15.1. The maximum Gasteiger partial charge on any atom is 0.292 e. The number of piperazine rings is 1. The summed E-state index contributed by atoms with van der Waals surface area (Å²) in [5.74, 6) is -0.386. The molecule has 1 atom stereocenters. The second-order valence-corrected chi connectivity index (χ2v) is 10.8. The highest BCUT2D eigenvalue weighted by Crippen LogP contribution is 2.27. The number of carbonyl (C=O) groups excluding carboxylic acids is 2. The molecule has 0 aliphatic carbocycles. The largest absolute Gasteiger partial charge is 0.322 e. The lowest BCUT2D eigenvalue weighted by Crippen LogP contribution is -3.19. The Bertz CT molecular complexity index is 1160. The summed E-state index contributed by atoms with van der Waals surface area (Å²) in [6.45, 7) is 9.14. The first kappa shape index (κ1) is 22.6. The van der Waals surface area contributed by atoms with E-state index in [0.717, 1.165) is 27.2 Å². The fourth-order valence-corrected chi connectivity index (χ4v) is 6.94. The van der Waals surface area contributed by atoms with Crippen molar-refractivity contribution >= 4 is 27.5 Å². The van der Waals surface area contributed by atoms with Crippen LogP contribution in [-0.2, 0) is 19.6 Å². The zero-order chi connectivity index (χ0) is 23.2. The summed E-state index contributed by atoms with van der Waals surface area (Å²) >= 11 is 0. The molecule has 2 aliphatic rings. The van der Waals surface area contributed by atoms with Crippen LogP contribution in [0.25, 0.3) is 0 Å². The van der Waals surface area contributed by atoms with E-state index in [-0.39, 0.29) is 18.2 Å². The Morgan fingerprint density at radius 1 is 0.906 bits per heavy atom. The summed E-state index contributed by atoms with van der Waals surface area (Å²) in [4.78, 5) is 28.5. The third kappa shape index (κ3) is 3.87. The Hall–Kier alpha value is -2.55. The number of aryl methyl sites for hydroxylation is 4. The SMILES string of the molecule is Cc1cc(C)c(S(=O)(=O)N2CC[NH+]([C@H]3CC(=O)N(c4ccccc4C)C3=O)CC2)c(C)c1. The fourth-order valence-electron chi connectivity index (χ4n) is 5.08. The molecular formula is C24H30N3O4S+. The average Bonchev–Trinajstić information content (AvgIpc) is 3.01. The number of para-hydroxylation sites is 1. The fraction of sp³-hybridized carbons (Fsp3) is 0.417. The molecule has 0 radical (unpaired) electrons. The number of rotatable bonds is 4. The minimum absolute atomic E-state index is 0.158. The van der Waals surface area contributed by atoms with Crippen molar-refractivity contribution in [3.05, 3.63) is 58.7 Å². The van der Waals surface area contributed by atoms with E-state index < -0.39 is 16.1 Å². The summed E-state index contributed by atoms with van der Waals surface area (Å²) in [7, 11) is -3.61. The molecule has 2 heterocycles. The first-order valence-electron chi connectivity index (χ1n) is 11.0. The van der Waals surface area contributed by atoms with Crippen LogP contribution >= 0.6 is 0 Å². The molecule has 8 heteroatoms. The van der Waals surface area contributed by atoms with E-state index in [2.05, 4.69) is 0 Å². The van der Waals surface area contributed by atoms with Gasteiger partial charge in [0.15, 0.2) is 6.04 Å². The number of anilines is 1. The van der Waals surface area contributed by atoms with Gasteiger partial charge in [-0.3, -0.25) is 9.59 Å². The quantitative estimate of drug-likeness (QED) is 0.700. The number of carbonyl (C=O) groups is 2. The van der Waals surface area contributed by atoms with Gasteiger partial charge in [-0.1, -0.05) is 35.9 Å². The predicted molar refractivity (Wildman–Crippen MR) is 122 cm³/mol. The van der Waals surface area contributed by atoms with Gasteiger partial charge in [-0.2, -0.15) is 4.31 Å². The third-order valence-corrected chi connectivity index (χ3v) is 8.77. The number of sulfonamides is 1. The smallest absolute Gasteiger partial charge is 0.292 e. The van der Waals surface area contributed by atoms with Crippen LogP contribution in [0.5, 0.6) is 0 Å². The van der Waals surface area contributed by atoms with Crippen LogP contribution in [0.4, 0.5) is 5.69 Å². The van der Waals surface area contributed by atoms with Crippen LogP contribution in [0.1, 0.15) is 28.7 Å². The van der Waals surface area contributed by atoms with Gasteiger partial charge >= 0.3 is 0 Å². The van der Waals surface area contributed by atoms with E-state index in [0.29, 0.717) is 36.8 Å². The monoisotopic (exact) mass is 456 g/mol. The Morgan fingerprint density at radius 3 is 2.09 bits per heavy atom. The van der Waals surface area contributed by atoms with Crippen LogP contribution < -0.4 is 9.80 Å². The minimum Gasteiger partial charge on any atom is -0.322 e. The second kappa shape index (κ2) is 8.42. The molecule has 170 valence electrons. The van der Waals surface area contributed by atoms with Crippen LogP contribution in [0.15, 0.2) is 41.3 Å². The number of hydrogen-bond donors (Lipinski definition) is 1. The molecule has 2 aliphatic heterocycles. The molecule has 0 saturated carbocycles. The van der Waals surface area contributed by atoms with Crippen molar-refractivity contribution in [2.45, 2.75) is 45.1 Å². The standard InChI is InChI=1S/C24H29N3O4S/c1-16-13-18(3)23(19(4)14-16)32(30,31)26-11-9-25(10-12-26)21-15-22(28)27(24(21)29)20-8-6-5-7-17(20)2/h5-8,13-14,21H,9-12,15H2,1-4H3/p+1/t21-/m0/s1. The predicted octanol–water partition coefficient (Wildman–Crippen LogP) is 1.14. The van der Waals surface area contributed by atoms with E-state index in [4.69, 9.17) is 0 Å². The van der Waals surface area contributed by atoms with Gasteiger partial charge in [0.2, 0.25) is 15.9 Å². The van der Waals surface area contributed by atoms with E-state index in [9.17, 15) is 18.0 Å². The van der Waals surface area contributed by atoms with Crippen molar-refractivity contribution in [1.29, 1.82) is 0 Å². The highest BCUT2D eigenvalue weighted by molar-refractivity contribution is 7.89. The van der Waals surface area contributed by atoms with Crippen molar-refractivity contribution in [1.82, 2.24) is 4.31 Å². The van der Waals surface area contributed by atoms with Crippen LogP contribution in [0.2, 0.25) is 0 Å². The molecular weight excluding hydrogens is 426 g/mol. The minimum atomic E-state index is -3.61. The lowest BCUT2D eigenvalue weighted by molar-refractivity contribution is -0.918. The lowest BCUT2D eigenvalue weighted by atomic mass is 10.1. The van der Waals surface area contributed by atoms with Crippen LogP contribution in [0, 0.1) is 27.7 Å². The van der Waals surface area contributed by atoms with Crippen molar-refractivity contribution in [3.8, 4) is 0 Å². The van der Waals surface area contributed by atoms with E-state index in [1.54, 1.807) is 6.07 Å². The van der Waals surface area contributed by atoms with Gasteiger partial charge < -0.3 is 4.90 Å². The van der Waals surface area contributed by atoms with Crippen molar-refractivity contribution in [2.24, 2.45) is 0 Å². The molecule has 2 aromatic rings. The Kier molecular flexibility index (Phi) is 5.96. The number of hydrogen-bond acceptors (Lipinski definition) is 4. The second-order valence-electron chi connectivity index (χ2n) is 8.90. The summed E-state index contributed by atoms with van der Waals surface area (Å²) in [5, 5.41) is 0.